The van der Waals surface area contributed by atoms with Gasteiger partial charge in [-0.2, -0.15) is 5.26 Å². The number of carbonyl (C=O) groups excluding carboxylic acids is 1. The van der Waals surface area contributed by atoms with E-state index in [4.69, 9.17) is 14.5 Å². The predicted octanol–water partition coefficient (Wildman–Crippen LogP) is 7.82. The van der Waals surface area contributed by atoms with Crippen molar-refractivity contribution in [2.24, 2.45) is 0 Å². The number of rotatable bonds is 9. The van der Waals surface area contributed by atoms with Gasteiger partial charge in [0.25, 0.3) is 0 Å². The Morgan fingerprint density at radius 1 is 0.825 bits per heavy atom. The lowest BCUT2D eigenvalue weighted by Gasteiger charge is -2.13. The second-order valence-corrected chi connectivity index (χ2v) is 9.68. The van der Waals surface area contributed by atoms with Crippen LogP contribution in [0.1, 0.15) is 5.56 Å². The van der Waals surface area contributed by atoms with Gasteiger partial charge in [0.2, 0.25) is 5.91 Å². The fourth-order valence-corrected chi connectivity index (χ4v) is 4.85. The molecule has 0 fully saturated rings. The third-order valence-corrected chi connectivity index (χ3v) is 7.00. The number of pyridine rings is 1. The van der Waals surface area contributed by atoms with Gasteiger partial charge in [-0.05, 0) is 60.2 Å². The molecule has 40 heavy (non-hydrogen) atoms. The SMILES string of the molecule is COc1ccc(-c2cc(-c3ccccc3)nc(SCC(=O)Nc3ccc(Oc4ccccc4)cc3)c2C#N)cc1. The van der Waals surface area contributed by atoms with Gasteiger partial charge in [-0.25, -0.2) is 4.98 Å². The van der Waals surface area contributed by atoms with Crippen LogP contribution in [-0.4, -0.2) is 23.8 Å². The summed E-state index contributed by atoms with van der Waals surface area (Å²) in [4.78, 5) is 17.6. The molecule has 0 aliphatic rings. The first-order valence-electron chi connectivity index (χ1n) is 12.5. The largest absolute Gasteiger partial charge is 0.497 e. The highest BCUT2D eigenvalue weighted by molar-refractivity contribution is 8.00. The van der Waals surface area contributed by atoms with E-state index in [0.717, 1.165) is 33.9 Å². The van der Waals surface area contributed by atoms with Gasteiger partial charge in [0.05, 0.1) is 24.1 Å². The molecule has 4 aromatic carbocycles. The molecule has 0 aliphatic heterocycles. The maximum absolute atomic E-state index is 12.9. The molecule has 5 rings (SSSR count). The number of anilines is 1. The van der Waals surface area contributed by atoms with Crippen LogP contribution >= 0.6 is 11.8 Å². The number of para-hydroxylation sites is 1. The zero-order valence-electron chi connectivity index (χ0n) is 21.7. The number of nitrogens with zero attached hydrogens (tertiary/aromatic N) is 2. The Balaban J connectivity index is 1.35. The molecule has 0 saturated heterocycles. The molecular weight excluding hydrogens is 518 g/mol. The minimum Gasteiger partial charge on any atom is -0.497 e. The lowest BCUT2D eigenvalue weighted by Crippen LogP contribution is -2.14. The van der Waals surface area contributed by atoms with Crippen molar-refractivity contribution >= 4 is 23.4 Å². The number of nitriles is 1. The van der Waals surface area contributed by atoms with Crippen molar-refractivity contribution in [3.63, 3.8) is 0 Å². The number of amides is 1. The number of carbonyl (C=O) groups is 1. The number of methoxy groups -OCH3 is 1. The van der Waals surface area contributed by atoms with E-state index in [2.05, 4.69) is 11.4 Å². The van der Waals surface area contributed by atoms with Gasteiger partial charge in [-0.1, -0.05) is 72.4 Å². The number of hydrogen-bond donors (Lipinski definition) is 1. The van der Waals surface area contributed by atoms with E-state index in [1.165, 1.54) is 11.8 Å². The van der Waals surface area contributed by atoms with Crippen molar-refractivity contribution < 1.29 is 14.3 Å². The summed E-state index contributed by atoms with van der Waals surface area (Å²) < 4.78 is 11.1. The van der Waals surface area contributed by atoms with E-state index in [0.29, 0.717) is 22.0 Å². The second-order valence-electron chi connectivity index (χ2n) is 8.72. The van der Waals surface area contributed by atoms with Gasteiger partial charge >= 0.3 is 0 Å². The van der Waals surface area contributed by atoms with Gasteiger partial charge in [-0.15, -0.1) is 0 Å². The van der Waals surface area contributed by atoms with E-state index in [1.807, 2.05) is 91.0 Å². The molecule has 5 aromatic rings. The maximum atomic E-state index is 12.9. The van der Waals surface area contributed by atoms with Gasteiger partial charge < -0.3 is 14.8 Å². The number of ether oxygens (including phenoxy) is 2. The van der Waals surface area contributed by atoms with Gasteiger partial charge in [-0.3, -0.25) is 4.79 Å². The summed E-state index contributed by atoms with van der Waals surface area (Å²) in [6.45, 7) is 0. The molecule has 0 spiro atoms. The molecule has 1 aromatic heterocycles. The fraction of sp³-hybridized carbons (Fsp3) is 0.0606. The Labute approximate surface area is 237 Å². The van der Waals surface area contributed by atoms with Crippen LogP contribution in [0.5, 0.6) is 17.2 Å². The summed E-state index contributed by atoms with van der Waals surface area (Å²) in [6, 6.07) is 38.2. The highest BCUT2D eigenvalue weighted by atomic mass is 32.2. The molecule has 1 N–H and O–H groups in total. The minimum absolute atomic E-state index is 0.0875. The summed E-state index contributed by atoms with van der Waals surface area (Å²) in [6.07, 6.45) is 0. The molecule has 0 atom stereocenters. The van der Waals surface area contributed by atoms with Crippen molar-refractivity contribution in [2.75, 3.05) is 18.2 Å². The first-order chi connectivity index (χ1) is 19.6. The first-order valence-corrected chi connectivity index (χ1v) is 13.5. The third-order valence-electron chi connectivity index (χ3n) is 6.03. The molecule has 1 heterocycles. The smallest absolute Gasteiger partial charge is 0.234 e. The Morgan fingerprint density at radius 2 is 1.45 bits per heavy atom. The second kappa shape index (κ2) is 12.7. The highest BCUT2D eigenvalue weighted by Crippen LogP contribution is 2.35. The number of hydrogen-bond acceptors (Lipinski definition) is 6. The van der Waals surface area contributed by atoms with Crippen LogP contribution in [0.4, 0.5) is 5.69 Å². The summed E-state index contributed by atoms with van der Waals surface area (Å²) in [7, 11) is 1.61. The lowest BCUT2D eigenvalue weighted by atomic mass is 9.99. The summed E-state index contributed by atoms with van der Waals surface area (Å²) >= 11 is 1.23. The molecular formula is C33H25N3O3S. The maximum Gasteiger partial charge on any atom is 0.234 e. The van der Waals surface area contributed by atoms with E-state index < -0.39 is 0 Å². The van der Waals surface area contributed by atoms with Crippen molar-refractivity contribution in [2.45, 2.75) is 5.03 Å². The Morgan fingerprint density at radius 3 is 2.10 bits per heavy atom. The zero-order valence-corrected chi connectivity index (χ0v) is 22.5. The minimum atomic E-state index is -0.205. The summed E-state index contributed by atoms with van der Waals surface area (Å²) in [5.74, 6) is 2.02. The molecule has 196 valence electrons. The van der Waals surface area contributed by atoms with Crippen molar-refractivity contribution in [3.8, 4) is 45.7 Å². The predicted molar refractivity (Wildman–Crippen MR) is 159 cm³/mol. The average molecular weight is 544 g/mol. The van der Waals surface area contributed by atoms with Gasteiger partial charge in [0.15, 0.2) is 0 Å². The van der Waals surface area contributed by atoms with Crippen LogP contribution in [0.25, 0.3) is 22.4 Å². The highest BCUT2D eigenvalue weighted by Gasteiger charge is 2.17. The molecule has 6 nitrogen and oxygen atoms in total. The monoisotopic (exact) mass is 543 g/mol. The number of benzene rings is 4. The van der Waals surface area contributed by atoms with Crippen molar-refractivity contribution in [1.29, 1.82) is 5.26 Å². The van der Waals surface area contributed by atoms with Crippen LogP contribution in [-0.2, 0) is 4.79 Å². The summed E-state index contributed by atoms with van der Waals surface area (Å²) in [5.41, 5.74) is 4.33. The molecule has 0 unspecified atom stereocenters. The molecule has 0 bridgehead atoms. The molecule has 0 saturated carbocycles. The summed E-state index contributed by atoms with van der Waals surface area (Å²) in [5, 5.41) is 13.5. The van der Waals surface area contributed by atoms with Gasteiger partial charge in [0.1, 0.15) is 28.3 Å². The van der Waals surface area contributed by atoms with Gasteiger partial charge in [0, 0.05) is 16.8 Å². The lowest BCUT2D eigenvalue weighted by molar-refractivity contribution is -0.113. The Hall–Kier alpha value is -5.06. The average Bonchev–Trinajstić information content (AvgIpc) is 3.01. The topological polar surface area (TPSA) is 84.2 Å². The van der Waals surface area contributed by atoms with Crippen LogP contribution in [0, 0.1) is 11.3 Å². The quantitative estimate of drug-likeness (QED) is 0.191. The number of aromatic nitrogens is 1. The fourth-order valence-electron chi connectivity index (χ4n) is 4.05. The molecule has 7 heteroatoms. The molecule has 0 aliphatic carbocycles. The van der Waals surface area contributed by atoms with Crippen LogP contribution in [0.15, 0.2) is 120 Å². The Bertz CT molecular complexity index is 1630. The van der Waals surface area contributed by atoms with Crippen LogP contribution in [0.3, 0.4) is 0 Å². The van der Waals surface area contributed by atoms with Crippen molar-refractivity contribution in [3.05, 3.63) is 121 Å². The Kier molecular flexibility index (Phi) is 8.40. The van der Waals surface area contributed by atoms with Crippen LogP contribution in [0.2, 0.25) is 0 Å². The first kappa shape index (κ1) is 26.5. The molecule has 1 amide bonds. The van der Waals surface area contributed by atoms with Crippen molar-refractivity contribution in [1.82, 2.24) is 4.98 Å². The van der Waals surface area contributed by atoms with E-state index in [9.17, 15) is 10.1 Å². The van der Waals surface area contributed by atoms with E-state index >= 15 is 0 Å². The molecule has 0 radical (unpaired) electrons. The number of nitrogens with one attached hydrogen (secondary N) is 1. The van der Waals surface area contributed by atoms with Crippen LogP contribution < -0.4 is 14.8 Å². The normalized spacial score (nSPS) is 10.4. The zero-order chi connectivity index (χ0) is 27.7. The standard InChI is InChI=1S/C33H25N3O3S/c1-38-26-16-12-23(13-17-26)29-20-31(24-8-4-2-5-9-24)36-33(30(29)21-34)40-22-32(37)35-25-14-18-28(19-15-25)39-27-10-6-3-7-11-27/h2-20H,22H2,1H3,(H,35,37). The third kappa shape index (κ3) is 6.49. The van der Waals surface area contributed by atoms with E-state index in [1.54, 1.807) is 31.4 Å². The van der Waals surface area contributed by atoms with E-state index in [-0.39, 0.29) is 11.7 Å². The number of thioether (sulfide) groups is 1.